The van der Waals surface area contributed by atoms with Crippen LogP contribution in [0.5, 0.6) is 11.6 Å². The van der Waals surface area contributed by atoms with Crippen molar-refractivity contribution in [1.29, 1.82) is 0 Å². The molecule has 0 unspecified atom stereocenters. The standard InChI is InChI=1S/C18H21FN2O5/c1-9-4-10(2)16(11(3)5-9)26-17-12(19)7-21(18(24)20-17)15-6-13(23)14(8-22)25-15/h4-5,7,13-15,22-23H,6,8H2,1-3H3/t13-,14-,15-/m1/s1. The minimum Gasteiger partial charge on any atom is -0.436 e. The number of halogens is 1. The number of aromatic nitrogens is 2. The van der Waals surface area contributed by atoms with E-state index >= 15 is 0 Å². The zero-order valence-electron chi connectivity index (χ0n) is 14.8. The molecule has 140 valence electrons. The highest BCUT2D eigenvalue weighted by Crippen LogP contribution is 2.31. The van der Waals surface area contributed by atoms with Crippen molar-refractivity contribution >= 4 is 0 Å². The van der Waals surface area contributed by atoms with Crippen LogP contribution in [0.15, 0.2) is 23.1 Å². The third kappa shape index (κ3) is 3.48. The Kier molecular flexibility index (Phi) is 5.08. The second-order valence-electron chi connectivity index (χ2n) is 6.53. The molecule has 0 spiro atoms. The highest BCUT2D eigenvalue weighted by atomic mass is 19.1. The fourth-order valence-electron chi connectivity index (χ4n) is 3.18. The average molecular weight is 364 g/mol. The molecule has 0 bridgehead atoms. The van der Waals surface area contributed by atoms with Gasteiger partial charge in [-0.15, -0.1) is 0 Å². The van der Waals surface area contributed by atoms with Crippen LogP contribution in [0, 0.1) is 26.6 Å². The lowest BCUT2D eigenvalue weighted by Gasteiger charge is -2.16. The van der Waals surface area contributed by atoms with E-state index in [4.69, 9.17) is 14.6 Å². The van der Waals surface area contributed by atoms with Crippen molar-refractivity contribution in [3.63, 3.8) is 0 Å². The molecular weight excluding hydrogens is 343 g/mol. The van der Waals surface area contributed by atoms with Crippen LogP contribution >= 0.6 is 0 Å². The van der Waals surface area contributed by atoms with Gasteiger partial charge in [-0.25, -0.2) is 4.79 Å². The van der Waals surface area contributed by atoms with Gasteiger partial charge in [-0.1, -0.05) is 17.7 Å². The number of rotatable bonds is 4. The van der Waals surface area contributed by atoms with Crippen LogP contribution in [0.2, 0.25) is 0 Å². The summed E-state index contributed by atoms with van der Waals surface area (Å²) in [7, 11) is 0. The lowest BCUT2D eigenvalue weighted by Crippen LogP contribution is -2.28. The summed E-state index contributed by atoms with van der Waals surface area (Å²) in [6.45, 7) is 5.21. The summed E-state index contributed by atoms with van der Waals surface area (Å²) in [4.78, 5) is 16.0. The third-order valence-corrected chi connectivity index (χ3v) is 4.37. The van der Waals surface area contributed by atoms with Crippen LogP contribution < -0.4 is 10.4 Å². The first-order chi connectivity index (χ1) is 12.3. The van der Waals surface area contributed by atoms with Crippen molar-refractivity contribution < 1.29 is 24.1 Å². The Morgan fingerprint density at radius 1 is 1.35 bits per heavy atom. The Morgan fingerprint density at radius 3 is 2.58 bits per heavy atom. The Morgan fingerprint density at radius 2 is 2.00 bits per heavy atom. The van der Waals surface area contributed by atoms with Crippen LogP contribution in [-0.4, -0.2) is 38.6 Å². The van der Waals surface area contributed by atoms with E-state index in [-0.39, 0.29) is 6.42 Å². The molecule has 1 aliphatic rings. The summed E-state index contributed by atoms with van der Waals surface area (Å²) < 4.78 is 26.4. The summed E-state index contributed by atoms with van der Waals surface area (Å²) in [6, 6.07) is 3.79. The number of ether oxygens (including phenoxy) is 2. The van der Waals surface area contributed by atoms with E-state index in [0.717, 1.165) is 27.5 Å². The molecule has 1 aromatic carbocycles. The predicted octanol–water partition coefficient (Wildman–Crippen LogP) is 1.74. The van der Waals surface area contributed by atoms with E-state index in [2.05, 4.69) is 4.98 Å². The zero-order chi connectivity index (χ0) is 19.0. The third-order valence-electron chi connectivity index (χ3n) is 4.37. The first kappa shape index (κ1) is 18.5. The zero-order valence-corrected chi connectivity index (χ0v) is 14.8. The number of nitrogens with zero attached hydrogens (tertiary/aromatic N) is 2. The molecule has 1 aromatic heterocycles. The van der Waals surface area contributed by atoms with E-state index in [1.165, 1.54) is 0 Å². The van der Waals surface area contributed by atoms with Crippen molar-refractivity contribution in [2.24, 2.45) is 0 Å². The van der Waals surface area contributed by atoms with Gasteiger partial charge in [0.25, 0.3) is 5.88 Å². The van der Waals surface area contributed by atoms with Gasteiger partial charge in [-0.3, -0.25) is 4.57 Å². The molecule has 2 heterocycles. The van der Waals surface area contributed by atoms with Crippen LogP contribution in [0.1, 0.15) is 29.3 Å². The average Bonchev–Trinajstić information content (AvgIpc) is 2.94. The van der Waals surface area contributed by atoms with E-state index in [1.807, 2.05) is 32.9 Å². The van der Waals surface area contributed by atoms with Gasteiger partial charge in [-0.05, 0) is 31.9 Å². The topological polar surface area (TPSA) is 93.8 Å². The maximum atomic E-state index is 14.5. The van der Waals surface area contributed by atoms with Gasteiger partial charge in [0.15, 0.2) is 0 Å². The SMILES string of the molecule is Cc1cc(C)c(Oc2nc(=O)n([C@H]3C[C@@H](O)[C@@H](CO)O3)cc2F)c(C)c1. The van der Waals surface area contributed by atoms with E-state index in [0.29, 0.717) is 5.75 Å². The molecule has 7 nitrogen and oxygen atoms in total. The summed E-state index contributed by atoms with van der Waals surface area (Å²) in [5, 5.41) is 18.9. The van der Waals surface area contributed by atoms with Crippen LogP contribution in [0.25, 0.3) is 0 Å². The van der Waals surface area contributed by atoms with Gasteiger partial charge in [-0.2, -0.15) is 9.37 Å². The lowest BCUT2D eigenvalue weighted by molar-refractivity contribution is -0.0462. The van der Waals surface area contributed by atoms with Crippen LogP contribution in [0.4, 0.5) is 4.39 Å². The second kappa shape index (κ2) is 7.14. The van der Waals surface area contributed by atoms with E-state index in [1.54, 1.807) is 0 Å². The highest BCUT2D eigenvalue weighted by Gasteiger charge is 2.35. The Balaban J connectivity index is 1.90. The van der Waals surface area contributed by atoms with Crippen molar-refractivity contribution in [1.82, 2.24) is 9.55 Å². The number of aliphatic hydroxyl groups is 2. The fraction of sp³-hybridized carbons (Fsp3) is 0.444. The van der Waals surface area contributed by atoms with Crippen molar-refractivity contribution in [3.8, 4) is 11.6 Å². The molecule has 3 rings (SSSR count). The molecule has 0 saturated carbocycles. The molecular formula is C18H21FN2O5. The maximum absolute atomic E-state index is 14.5. The van der Waals surface area contributed by atoms with Gasteiger partial charge in [0.1, 0.15) is 18.1 Å². The van der Waals surface area contributed by atoms with Crippen molar-refractivity contribution in [2.45, 2.75) is 45.6 Å². The van der Waals surface area contributed by atoms with E-state index < -0.39 is 42.4 Å². The maximum Gasteiger partial charge on any atom is 0.353 e. The molecule has 0 aliphatic carbocycles. The normalized spacial score (nSPS) is 22.6. The molecule has 1 fully saturated rings. The van der Waals surface area contributed by atoms with E-state index in [9.17, 15) is 14.3 Å². The molecule has 1 aliphatic heterocycles. The molecule has 2 aromatic rings. The monoisotopic (exact) mass is 364 g/mol. The highest BCUT2D eigenvalue weighted by molar-refractivity contribution is 5.44. The lowest BCUT2D eigenvalue weighted by atomic mass is 10.1. The predicted molar refractivity (Wildman–Crippen MR) is 90.8 cm³/mol. The fourth-order valence-corrected chi connectivity index (χ4v) is 3.18. The minimum absolute atomic E-state index is 0.0582. The van der Waals surface area contributed by atoms with Crippen molar-refractivity contribution in [2.75, 3.05) is 6.61 Å². The van der Waals surface area contributed by atoms with Crippen molar-refractivity contribution in [3.05, 3.63) is 51.3 Å². The summed E-state index contributed by atoms with van der Waals surface area (Å²) >= 11 is 0. The number of benzene rings is 1. The van der Waals surface area contributed by atoms with Gasteiger partial charge in [0.2, 0.25) is 5.82 Å². The Bertz CT molecular complexity index is 859. The molecule has 1 saturated heterocycles. The number of hydrogen-bond donors (Lipinski definition) is 2. The molecule has 26 heavy (non-hydrogen) atoms. The molecule has 0 amide bonds. The number of aliphatic hydroxyl groups excluding tert-OH is 2. The number of aryl methyl sites for hydroxylation is 3. The summed E-state index contributed by atoms with van der Waals surface area (Å²) in [5.74, 6) is -0.792. The molecule has 2 N–H and O–H groups in total. The summed E-state index contributed by atoms with van der Waals surface area (Å²) in [6.07, 6.45) is -1.64. The van der Waals surface area contributed by atoms with Crippen LogP contribution in [0.3, 0.4) is 0 Å². The summed E-state index contributed by atoms with van der Waals surface area (Å²) in [5.41, 5.74) is 1.90. The van der Waals surface area contributed by atoms with Crippen LogP contribution in [-0.2, 0) is 4.74 Å². The van der Waals surface area contributed by atoms with Gasteiger partial charge in [0, 0.05) is 6.42 Å². The van der Waals surface area contributed by atoms with Gasteiger partial charge in [0.05, 0.1) is 18.9 Å². The second-order valence-corrected chi connectivity index (χ2v) is 6.53. The molecule has 3 atom stereocenters. The largest absolute Gasteiger partial charge is 0.436 e. The minimum atomic E-state index is -0.936. The smallest absolute Gasteiger partial charge is 0.353 e. The molecule has 8 heteroatoms. The first-order valence-electron chi connectivity index (χ1n) is 8.29. The van der Waals surface area contributed by atoms with Gasteiger partial charge < -0.3 is 19.7 Å². The quantitative estimate of drug-likeness (QED) is 0.858. The number of hydrogen-bond acceptors (Lipinski definition) is 6. The molecule has 0 radical (unpaired) electrons. The first-order valence-corrected chi connectivity index (χ1v) is 8.29. The Hall–Kier alpha value is -2.29. The van der Waals surface area contributed by atoms with Gasteiger partial charge >= 0.3 is 5.69 Å². The Labute approximate surface area is 149 Å².